The predicted molar refractivity (Wildman–Crippen MR) is 134 cm³/mol. The second kappa shape index (κ2) is 8.99. The fourth-order valence-electron chi connectivity index (χ4n) is 4.45. The third-order valence-corrected chi connectivity index (χ3v) is 7.37. The minimum Gasteiger partial charge on any atom is -0.353 e. The fraction of sp³-hybridized carbons (Fsp3) is 0.385. The van der Waals surface area contributed by atoms with E-state index < -0.39 is 0 Å². The van der Waals surface area contributed by atoms with Crippen molar-refractivity contribution in [1.82, 2.24) is 9.80 Å². The fourth-order valence-corrected chi connectivity index (χ4v) is 5.13. The Bertz CT molecular complexity index is 896. The van der Waals surface area contributed by atoms with Crippen LogP contribution < -0.4 is 0 Å². The SMILES string of the molecule is CC1(C)CCC(=S)C(=C2N(Cc3ccccc3)CCCN2Cc2ccccc2)C1=S. The topological polar surface area (TPSA) is 6.48 Å². The molecule has 2 fully saturated rings. The average Bonchev–Trinajstić information content (AvgIpc) is 2.75. The molecule has 156 valence electrons. The van der Waals surface area contributed by atoms with E-state index in [1.165, 1.54) is 16.9 Å². The summed E-state index contributed by atoms with van der Waals surface area (Å²) in [5.41, 5.74) is 3.81. The number of benzene rings is 2. The predicted octanol–water partition coefficient (Wildman–Crippen LogP) is 6.17. The van der Waals surface area contributed by atoms with Crippen molar-refractivity contribution in [3.8, 4) is 0 Å². The van der Waals surface area contributed by atoms with E-state index in [1.54, 1.807) is 0 Å². The lowest BCUT2D eigenvalue weighted by Gasteiger charge is -2.45. The van der Waals surface area contributed by atoms with Crippen LogP contribution in [0.25, 0.3) is 0 Å². The summed E-state index contributed by atoms with van der Waals surface area (Å²) >= 11 is 12.0. The van der Waals surface area contributed by atoms with E-state index in [0.717, 1.165) is 60.7 Å². The van der Waals surface area contributed by atoms with E-state index in [4.69, 9.17) is 24.4 Å². The normalized spacial score (nSPS) is 19.4. The molecule has 1 aliphatic heterocycles. The highest BCUT2D eigenvalue weighted by Gasteiger charge is 2.38. The molecule has 2 nitrogen and oxygen atoms in total. The summed E-state index contributed by atoms with van der Waals surface area (Å²) in [5, 5.41) is 0. The van der Waals surface area contributed by atoms with Gasteiger partial charge in [-0.25, -0.2) is 0 Å². The Morgan fingerprint density at radius 3 is 1.80 bits per heavy atom. The summed E-state index contributed by atoms with van der Waals surface area (Å²) in [4.78, 5) is 7.09. The molecule has 30 heavy (non-hydrogen) atoms. The molecule has 0 unspecified atom stereocenters. The van der Waals surface area contributed by atoms with Crippen molar-refractivity contribution in [1.29, 1.82) is 0 Å². The summed E-state index contributed by atoms with van der Waals surface area (Å²) in [6.07, 6.45) is 3.12. The summed E-state index contributed by atoms with van der Waals surface area (Å²) < 4.78 is 0. The second-order valence-electron chi connectivity index (χ2n) is 9.00. The van der Waals surface area contributed by atoms with Gasteiger partial charge in [0.1, 0.15) is 5.82 Å². The van der Waals surface area contributed by atoms with Crippen molar-refractivity contribution in [2.75, 3.05) is 13.1 Å². The van der Waals surface area contributed by atoms with Crippen LogP contribution in [0.1, 0.15) is 44.2 Å². The van der Waals surface area contributed by atoms with Crippen LogP contribution in [0.4, 0.5) is 0 Å². The molecule has 2 aromatic carbocycles. The third-order valence-electron chi connectivity index (χ3n) is 6.21. The Morgan fingerprint density at radius 1 is 0.800 bits per heavy atom. The highest BCUT2D eigenvalue weighted by molar-refractivity contribution is 7.83. The maximum atomic E-state index is 6.06. The molecule has 0 N–H and O–H groups in total. The molecule has 0 radical (unpaired) electrons. The first kappa shape index (κ1) is 21.2. The highest BCUT2D eigenvalue weighted by atomic mass is 32.1. The van der Waals surface area contributed by atoms with Crippen LogP contribution in [0.2, 0.25) is 0 Å². The molecular formula is C26H30N2S2. The van der Waals surface area contributed by atoms with Gasteiger partial charge in [0, 0.05) is 46.9 Å². The monoisotopic (exact) mass is 434 g/mol. The number of thiocarbonyl (C=S) groups is 2. The number of nitrogens with zero attached hydrogens (tertiary/aromatic N) is 2. The summed E-state index contributed by atoms with van der Waals surface area (Å²) in [6.45, 7) is 8.37. The maximum absolute atomic E-state index is 6.06. The van der Waals surface area contributed by atoms with E-state index in [0.29, 0.717) is 0 Å². The summed E-state index contributed by atoms with van der Waals surface area (Å²) in [5.74, 6) is 1.25. The first-order valence-corrected chi connectivity index (χ1v) is 11.7. The van der Waals surface area contributed by atoms with Crippen molar-refractivity contribution in [2.45, 2.75) is 46.2 Å². The molecule has 0 spiro atoms. The summed E-state index contributed by atoms with van der Waals surface area (Å²) in [6, 6.07) is 21.5. The molecule has 0 amide bonds. The van der Waals surface area contributed by atoms with Crippen LogP contribution in [-0.4, -0.2) is 32.6 Å². The Kier molecular flexibility index (Phi) is 6.35. The van der Waals surface area contributed by atoms with Crippen molar-refractivity contribution >= 4 is 34.2 Å². The van der Waals surface area contributed by atoms with Gasteiger partial charge in [-0.15, -0.1) is 0 Å². The molecule has 4 rings (SSSR count). The highest BCUT2D eigenvalue weighted by Crippen LogP contribution is 2.39. The first-order chi connectivity index (χ1) is 14.5. The van der Waals surface area contributed by atoms with E-state index in [2.05, 4.69) is 84.3 Å². The minimum atomic E-state index is 0.00819. The molecule has 0 atom stereocenters. The lowest BCUT2D eigenvalue weighted by Crippen LogP contribution is -2.46. The number of allylic oxidation sites excluding steroid dienone is 1. The number of hydrogen-bond acceptors (Lipinski definition) is 4. The zero-order chi connectivity index (χ0) is 21.1. The Labute approximate surface area is 191 Å². The van der Waals surface area contributed by atoms with Gasteiger partial charge in [-0.2, -0.15) is 0 Å². The van der Waals surface area contributed by atoms with Crippen molar-refractivity contribution in [2.24, 2.45) is 5.41 Å². The Balaban J connectivity index is 1.77. The van der Waals surface area contributed by atoms with Crippen LogP contribution >= 0.6 is 24.4 Å². The quantitative estimate of drug-likeness (QED) is 0.419. The molecular weight excluding hydrogens is 404 g/mol. The van der Waals surface area contributed by atoms with Crippen LogP contribution in [0.15, 0.2) is 72.1 Å². The largest absolute Gasteiger partial charge is 0.353 e. The van der Waals surface area contributed by atoms with Gasteiger partial charge in [0.15, 0.2) is 0 Å². The van der Waals surface area contributed by atoms with Gasteiger partial charge in [-0.3, -0.25) is 0 Å². The van der Waals surface area contributed by atoms with Gasteiger partial charge in [0.25, 0.3) is 0 Å². The van der Waals surface area contributed by atoms with E-state index in [-0.39, 0.29) is 5.41 Å². The van der Waals surface area contributed by atoms with Crippen LogP contribution in [0.5, 0.6) is 0 Å². The van der Waals surface area contributed by atoms with Crippen molar-refractivity contribution in [3.63, 3.8) is 0 Å². The molecule has 1 aliphatic carbocycles. The molecule has 1 heterocycles. The molecule has 0 bridgehead atoms. The van der Waals surface area contributed by atoms with E-state index in [1.807, 2.05) is 0 Å². The minimum absolute atomic E-state index is 0.00819. The van der Waals surface area contributed by atoms with Gasteiger partial charge in [-0.1, -0.05) is 98.9 Å². The lowest BCUT2D eigenvalue weighted by molar-refractivity contribution is 0.146. The van der Waals surface area contributed by atoms with Gasteiger partial charge < -0.3 is 9.80 Å². The molecule has 4 heteroatoms. The number of rotatable bonds is 4. The molecule has 0 aromatic heterocycles. The van der Waals surface area contributed by atoms with Gasteiger partial charge in [-0.05, 0) is 30.4 Å². The van der Waals surface area contributed by atoms with Gasteiger partial charge in [0.05, 0.1) is 0 Å². The zero-order valence-corrected chi connectivity index (χ0v) is 19.6. The third kappa shape index (κ3) is 4.50. The average molecular weight is 435 g/mol. The van der Waals surface area contributed by atoms with Crippen LogP contribution in [0, 0.1) is 5.41 Å². The maximum Gasteiger partial charge on any atom is 0.114 e. The van der Waals surface area contributed by atoms with Crippen molar-refractivity contribution < 1.29 is 0 Å². The standard InChI is InChI=1S/C26H30N2S2/c1-26(2)15-14-22(29)23(24(26)30)25-27(18-20-10-5-3-6-11-20)16-9-17-28(25)19-21-12-7-4-8-13-21/h3-8,10-13H,9,14-19H2,1-2H3. The van der Waals surface area contributed by atoms with E-state index >= 15 is 0 Å². The van der Waals surface area contributed by atoms with Crippen LogP contribution in [0.3, 0.4) is 0 Å². The van der Waals surface area contributed by atoms with Gasteiger partial charge >= 0.3 is 0 Å². The Hall–Kier alpha value is -2.04. The Morgan fingerprint density at radius 2 is 1.30 bits per heavy atom. The van der Waals surface area contributed by atoms with Gasteiger partial charge in [0.2, 0.25) is 0 Å². The second-order valence-corrected chi connectivity index (χ2v) is 9.90. The van der Waals surface area contributed by atoms with Crippen LogP contribution in [-0.2, 0) is 13.1 Å². The zero-order valence-electron chi connectivity index (χ0n) is 17.9. The molecule has 1 saturated carbocycles. The number of hydrogen-bond donors (Lipinski definition) is 0. The smallest absolute Gasteiger partial charge is 0.114 e. The van der Waals surface area contributed by atoms with Crippen molar-refractivity contribution in [3.05, 3.63) is 83.2 Å². The summed E-state index contributed by atoms with van der Waals surface area (Å²) in [7, 11) is 0. The van der Waals surface area contributed by atoms with E-state index in [9.17, 15) is 0 Å². The first-order valence-electron chi connectivity index (χ1n) is 10.9. The molecule has 2 aliphatic rings. The molecule has 2 aromatic rings. The lowest BCUT2D eigenvalue weighted by atomic mass is 9.74. The molecule has 1 saturated heterocycles.